The van der Waals surface area contributed by atoms with E-state index in [4.69, 9.17) is 5.73 Å². The van der Waals surface area contributed by atoms with Gasteiger partial charge in [-0.2, -0.15) is 0 Å². The number of anilines is 6. The maximum Gasteiger partial charge on any atom is 0.329 e. The van der Waals surface area contributed by atoms with Crippen LogP contribution in [0.15, 0.2) is 97.6 Å². The number of halogens is 2. The first kappa shape index (κ1) is 36.2. The van der Waals surface area contributed by atoms with Crippen LogP contribution in [0.4, 0.5) is 48.2 Å². The molecule has 0 saturated carbocycles. The molecule has 0 aliphatic carbocycles. The monoisotopic (exact) mass is 754 g/mol. The van der Waals surface area contributed by atoms with E-state index in [1.165, 1.54) is 6.07 Å². The molecule has 2 atom stereocenters. The molecule has 0 aromatic carbocycles. The van der Waals surface area contributed by atoms with Crippen molar-refractivity contribution in [2.24, 2.45) is 0 Å². The van der Waals surface area contributed by atoms with Crippen LogP contribution in [0.2, 0.25) is 0 Å². The lowest BCUT2D eigenvalue weighted by Crippen LogP contribution is -2.48. The molecule has 4 aliphatic heterocycles. The second kappa shape index (κ2) is 15.5. The van der Waals surface area contributed by atoms with Gasteiger partial charge in [-0.1, -0.05) is 12.1 Å². The topological polar surface area (TPSA) is 154 Å². The molecule has 2 saturated heterocycles. The molecule has 10 rings (SSSR count). The van der Waals surface area contributed by atoms with Gasteiger partial charge in [0.25, 0.3) is 0 Å². The van der Waals surface area contributed by atoms with Crippen molar-refractivity contribution in [1.82, 2.24) is 29.9 Å². The normalized spacial score (nSPS) is 17.0. The molecule has 10 heterocycles. The molecule has 0 spiro atoms. The van der Waals surface area contributed by atoms with Gasteiger partial charge < -0.3 is 20.9 Å². The van der Waals surface area contributed by atoms with Gasteiger partial charge in [0.05, 0.1) is 17.4 Å². The van der Waals surface area contributed by atoms with Crippen molar-refractivity contribution in [1.29, 1.82) is 0 Å². The van der Waals surface area contributed by atoms with E-state index in [1.807, 2.05) is 44.2 Å². The number of urea groups is 1. The van der Waals surface area contributed by atoms with Crippen molar-refractivity contribution in [3.63, 3.8) is 0 Å². The van der Waals surface area contributed by atoms with Crippen LogP contribution in [-0.2, 0) is 0 Å². The molecule has 4 aliphatic rings. The standard InChI is InChI=1S/C21H19FN6O.C15H15FN4.C5H6N2/c1-13-5-6-14(11-24-13)19-16(22)10-17-20(26-19)28(15-7-9-27(17)12-15)21(29)25-18-4-2-3-8-23-18;1-9-2-3-10(7-17-9)14-12(16)6-13-15(19-14)18-11-4-5-20(13)8-11;6-5-3-1-2-4-7-5/h2-6,8,10-11,15H,7,9,12H2,1H3,(H,23,25,29);2-3,6-7,11H,4-5,8H2,1H3,(H,18,19);1-4H,(H2,6,7)/t15-;11-;/m00./s1. The van der Waals surface area contributed by atoms with Crippen LogP contribution >= 0.6 is 0 Å². The molecular weight excluding hydrogens is 715 g/mol. The number of hydrogen-bond donors (Lipinski definition) is 3. The van der Waals surface area contributed by atoms with E-state index >= 15 is 0 Å². The Kier molecular flexibility index (Phi) is 10.0. The number of nitrogen functional groups attached to an aromatic ring is 1. The maximum atomic E-state index is 14.9. The molecule has 4 bridgehead atoms. The number of fused-ring (bicyclic) bond motifs is 8. The minimum Gasteiger partial charge on any atom is -0.384 e. The van der Waals surface area contributed by atoms with Gasteiger partial charge >= 0.3 is 6.03 Å². The number of aromatic nitrogens is 6. The van der Waals surface area contributed by atoms with Crippen molar-refractivity contribution >= 4 is 40.7 Å². The molecule has 2 amide bonds. The van der Waals surface area contributed by atoms with Gasteiger partial charge in [0.2, 0.25) is 0 Å². The van der Waals surface area contributed by atoms with E-state index in [1.54, 1.807) is 66.1 Å². The van der Waals surface area contributed by atoms with Crippen molar-refractivity contribution < 1.29 is 13.6 Å². The van der Waals surface area contributed by atoms with Gasteiger partial charge in [-0.15, -0.1) is 0 Å². The van der Waals surface area contributed by atoms with Crippen LogP contribution in [0.5, 0.6) is 0 Å². The van der Waals surface area contributed by atoms with Crippen LogP contribution in [0.3, 0.4) is 0 Å². The Balaban J connectivity index is 0.000000140. The Morgan fingerprint density at radius 3 is 2.02 bits per heavy atom. The molecular formula is C41H40F2N12O. The number of nitrogens with two attached hydrogens (primary N) is 1. The third kappa shape index (κ3) is 7.60. The summed E-state index contributed by atoms with van der Waals surface area (Å²) in [6.07, 6.45) is 8.44. The SMILES string of the molecule is Cc1ccc(-c2nc3c(cc2F)N2CC[C@@H](C2)N3)cn1.Cc1ccc(-c2nc3c(cc2F)N2CC[C@@H](C2)N3C(=O)Nc2ccccn2)cn1.Nc1ccccn1. The van der Waals surface area contributed by atoms with Crippen molar-refractivity contribution in [2.75, 3.05) is 57.2 Å². The lowest BCUT2D eigenvalue weighted by atomic mass is 10.1. The zero-order chi connectivity index (χ0) is 38.8. The van der Waals surface area contributed by atoms with Gasteiger partial charge in [-0.05, 0) is 75.2 Å². The fourth-order valence-corrected chi connectivity index (χ4v) is 7.21. The summed E-state index contributed by atoms with van der Waals surface area (Å²) in [4.78, 5) is 44.5. The van der Waals surface area contributed by atoms with Crippen molar-refractivity contribution in [2.45, 2.75) is 38.8 Å². The second-order valence-electron chi connectivity index (χ2n) is 14.0. The zero-order valence-electron chi connectivity index (χ0n) is 30.9. The fraction of sp³-hybridized carbons (Fsp3) is 0.244. The second-order valence-corrected chi connectivity index (χ2v) is 14.0. The molecule has 284 valence electrons. The summed E-state index contributed by atoms with van der Waals surface area (Å²) in [5.41, 5.74) is 10.4. The summed E-state index contributed by atoms with van der Waals surface area (Å²) in [5.74, 6) is 1.57. The summed E-state index contributed by atoms with van der Waals surface area (Å²) in [7, 11) is 0. The first-order valence-electron chi connectivity index (χ1n) is 18.4. The smallest absolute Gasteiger partial charge is 0.329 e. The molecule has 4 N–H and O–H groups in total. The largest absolute Gasteiger partial charge is 0.384 e. The quantitative estimate of drug-likeness (QED) is 0.173. The van der Waals surface area contributed by atoms with Crippen LogP contribution < -0.4 is 31.1 Å². The average molecular weight is 755 g/mol. The number of nitrogens with zero attached hydrogens (tertiary/aromatic N) is 9. The van der Waals surface area contributed by atoms with Crippen LogP contribution in [0.25, 0.3) is 22.5 Å². The highest BCUT2D eigenvalue weighted by Gasteiger charge is 2.41. The van der Waals surface area contributed by atoms with Gasteiger partial charge in [0.15, 0.2) is 23.3 Å². The molecule has 56 heavy (non-hydrogen) atoms. The highest BCUT2D eigenvalue weighted by atomic mass is 19.1. The average Bonchev–Trinajstić information content (AvgIpc) is 3.82. The Hall–Kier alpha value is -6.77. The number of hydrogen-bond acceptors (Lipinski definition) is 11. The molecule has 0 radical (unpaired) electrons. The fourth-order valence-electron chi connectivity index (χ4n) is 7.21. The molecule has 2 fully saturated rings. The van der Waals surface area contributed by atoms with E-state index in [-0.39, 0.29) is 23.6 Å². The van der Waals surface area contributed by atoms with Gasteiger partial charge in [-0.3, -0.25) is 20.2 Å². The van der Waals surface area contributed by atoms with Gasteiger partial charge in [0.1, 0.15) is 23.0 Å². The minimum absolute atomic E-state index is 0.0202. The van der Waals surface area contributed by atoms with E-state index in [9.17, 15) is 13.6 Å². The van der Waals surface area contributed by atoms with Crippen LogP contribution in [0, 0.1) is 25.5 Å². The van der Waals surface area contributed by atoms with Crippen molar-refractivity contribution in [3.05, 3.63) is 121 Å². The maximum absolute atomic E-state index is 14.9. The summed E-state index contributed by atoms with van der Waals surface area (Å²) < 4.78 is 29.3. The Bertz CT molecular complexity index is 2330. The molecule has 6 aromatic heterocycles. The van der Waals surface area contributed by atoms with E-state index < -0.39 is 5.82 Å². The minimum atomic E-state index is -0.426. The van der Waals surface area contributed by atoms with E-state index in [0.29, 0.717) is 52.5 Å². The summed E-state index contributed by atoms with van der Waals surface area (Å²) in [6, 6.07) is 21.2. The summed E-state index contributed by atoms with van der Waals surface area (Å²) in [6.45, 7) is 7.12. The Labute approximate surface area is 322 Å². The first-order chi connectivity index (χ1) is 27.2. The number of pyridine rings is 6. The number of carbonyl (C=O) groups is 1. The third-order valence-electron chi connectivity index (χ3n) is 10.0. The highest BCUT2D eigenvalue weighted by molar-refractivity contribution is 6.04. The summed E-state index contributed by atoms with van der Waals surface area (Å²) >= 11 is 0. The number of nitrogens with one attached hydrogen (secondary N) is 2. The van der Waals surface area contributed by atoms with Crippen molar-refractivity contribution in [3.8, 4) is 22.5 Å². The summed E-state index contributed by atoms with van der Waals surface area (Å²) in [5, 5.41) is 6.23. The Morgan fingerprint density at radius 2 is 1.41 bits per heavy atom. The molecule has 15 heteroatoms. The highest BCUT2D eigenvalue weighted by Crippen LogP contribution is 2.42. The lowest BCUT2D eigenvalue weighted by Gasteiger charge is -2.35. The molecule has 13 nitrogen and oxygen atoms in total. The van der Waals surface area contributed by atoms with Crippen LogP contribution in [-0.4, -0.2) is 74.2 Å². The third-order valence-corrected chi connectivity index (χ3v) is 10.0. The number of rotatable bonds is 3. The predicted molar refractivity (Wildman–Crippen MR) is 214 cm³/mol. The first-order valence-corrected chi connectivity index (χ1v) is 18.4. The zero-order valence-corrected chi connectivity index (χ0v) is 30.9. The van der Waals surface area contributed by atoms with Gasteiger partial charge in [0, 0.05) is 91.7 Å². The Morgan fingerprint density at radius 1 is 0.768 bits per heavy atom. The molecule has 6 aromatic rings. The number of aryl methyl sites for hydroxylation is 2. The lowest BCUT2D eigenvalue weighted by molar-refractivity contribution is 0.254. The van der Waals surface area contributed by atoms with Gasteiger partial charge in [-0.25, -0.2) is 33.5 Å². The van der Waals surface area contributed by atoms with E-state index in [2.05, 4.69) is 50.3 Å². The number of amides is 2. The van der Waals surface area contributed by atoms with E-state index in [0.717, 1.165) is 55.4 Å². The molecule has 0 unspecified atom stereocenters. The van der Waals surface area contributed by atoms with Crippen LogP contribution in [0.1, 0.15) is 24.2 Å². The predicted octanol–water partition coefficient (Wildman–Crippen LogP) is 6.88. The number of carbonyl (C=O) groups excluding carboxylic acids is 1.